The van der Waals surface area contributed by atoms with Gasteiger partial charge in [0.25, 0.3) is 11.8 Å². The molecule has 6 N–H and O–H groups in total. The molecule has 2 atom stereocenters. The molecule has 0 bridgehead atoms. The van der Waals surface area contributed by atoms with Crippen molar-refractivity contribution in [2.75, 3.05) is 10.6 Å². The standard InChI is InChI=1S/C34H42F8N4O4S2/c1-7-29(3,4)15-9-11-17-19(13-15)51-25(21(17)23(43)47)45-27(49)31(35,36)33(39,40)34(41,42)32(37,38)28(50)46-26-22(24(44)48)18-12-10-16(14-20(18)52-26)30(5,6)8-2/h15-16H,7-14H2,1-6H3,(H2,43,47)(H2,44,48)(H,45,49)(H,46,50). The number of nitrogens with one attached hydrogen (secondary N) is 2. The molecule has 52 heavy (non-hydrogen) atoms. The molecule has 0 aromatic carbocycles. The van der Waals surface area contributed by atoms with Crippen molar-refractivity contribution in [1.82, 2.24) is 0 Å². The van der Waals surface area contributed by atoms with Crippen LogP contribution in [0.25, 0.3) is 0 Å². The Morgan fingerprint density at radius 2 is 0.942 bits per heavy atom. The Morgan fingerprint density at radius 1 is 0.635 bits per heavy atom. The van der Waals surface area contributed by atoms with Gasteiger partial charge in [0.15, 0.2) is 0 Å². The maximum atomic E-state index is 15.1. The molecule has 0 aliphatic heterocycles. The van der Waals surface area contributed by atoms with Gasteiger partial charge in [0, 0.05) is 9.75 Å². The van der Waals surface area contributed by atoms with Crippen LogP contribution in [-0.2, 0) is 35.3 Å². The van der Waals surface area contributed by atoms with Crippen LogP contribution >= 0.6 is 22.7 Å². The Labute approximate surface area is 303 Å². The predicted octanol–water partition coefficient (Wildman–Crippen LogP) is 8.21. The summed E-state index contributed by atoms with van der Waals surface area (Å²) in [5, 5.41) is 1.22. The van der Waals surface area contributed by atoms with Crippen LogP contribution in [0.1, 0.15) is 109 Å². The predicted molar refractivity (Wildman–Crippen MR) is 182 cm³/mol. The number of rotatable bonds is 13. The number of fused-ring (bicyclic) bond motifs is 2. The van der Waals surface area contributed by atoms with Crippen molar-refractivity contribution in [2.24, 2.45) is 34.1 Å². The topological polar surface area (TPSA) is 144 Å². The zero-order valence-corrected chi connectivity index (χ0v) is 31.1. The number of nitrogens with two attached hydrogens (primary N) is 2. The Bertz CT molecular complexity index is 1640. The Hall–Kier alpha value is -3.28. The molecule has 18 heteroatoms. The van der Waals surface area contributed by atoms with Crippen molar-refractivity contribution in [3.63, 3.8) is 0 Å². The fraction of sp³-hybridized carbons (Fsp3) is 0.647. The number of primary amides is 2. The molecule has 4 rings (SSSR count). The largest absolute Gasteiger partial charge is 0.393 e. The van der Waals surface area contributed by atoms with E-state index in [0.29, 0.717) is 58.1 Å². The molecule has 0 spiro atoms. The van der Waals surface area contributed by atoms with Gasteiger partial charge in [0.05, 0.1) is 11.1 Å². The quantitative estimate of drug-likeness (QED) is 0.152. The molecule has 4 amide bonds. The van der Waals surface area contributed by atoms with Gasteiger partial charge in [0.2, 0.25) is 0 Å². The van der Waals surface area contributed by atoms with E-state index in [9.17, 15) is 19.2 Å². The van der Waals surface area contributed by atoms with Gasteiger partial charge in [-0.05, 0) is 72.3 Å². The van der Waals surface area contributed by atoms with Crippen molar-refractivity contribution in [3.8, 4) is 0 Å². The van der Waals surface area contributed by atoms with Crippen LogP contribution in [0.5, 0.6) is 0 Å². The third-order valence-electron chi connectivity index (χ3n) is 11.3. The molecule has 0 saturated carbocycles. The van der Waals surface area contributed by atoms with E-state index in [2.05, 4.69) is 0 Å². The molecule has 2 heterocycles. The fourth-order valence-electron chi connectivity index (χ4n) is 6.82. The molecule has 8 nitrogen and oxygen atoms in total. The first kappa shape index (κ1) is 41.5. The average molecular weight is 787 g/mol. The lowest BCUT2D eigenvalue weighted by Crippen LogP contribution is -2.67. The van der Waals surface area contributed by atoms with E-state index < -0.39 is 68.4 Å². The van der Waals surface area contributed by atoms with Crippen molar-refractivity contribution in [3.05, 3.63) is 32.0 Å². The lowest BCUT2D eigenvalue weighted by atomic mass is 9.69. The Kier molecular flexibility index (Phi) is 11.0. The molecule has 0 saturated heterocycles. The molecule has 2 aliphatic rings. The summed E-state index contributed by atoms with van der Waals surface area (Å²) >= 11 is 1.13. The van der Waals surface area contributed by atoms with Crippen molar-refractivity contribution < 1.29 is 54.3 Å². The Balaban J connectivity index is 1.61. The van der Waals surface area contributed by atoms with Crippen LogP contribution in [-0.4, -0.2) is 47.3 Å². The van der Waals surface area contributed by atoms with Crippen LogP contribution in [0.15, 0.2) is 0 Å². The maximum Gasteiger partial charge on any atom is 0.393 e. The summed E-state index contributed by atoms with van der Waals surface area (Å²) in [7, 11) is 0. The zero-order valence-electron chi connectivity index (χ0n) is 29.4. The number of carbonyl (C=O) groups is 4. The SMILES string of the molecule is CCC(C)(C)C1CCc2c(sc(NC(=O)C(F)(F)C(F)(F)C(F)(F)C(F)(F)C(=O)Nc3sc4c(c3C(N)=O)CCC(C(C)(C)CC)C4)c2C(N)=O)C1. The van der Waals surface area contributed by atoms with Gasteiger partial charge in [-0.3, -0.25) is 19.2 Å². The lowest BCUT2D eigenvalue weighted by molar-refractivity contribution is -0.345. The summed E-state index contributed by atoms with van der Waals surface area (Å²) in [5.74, 6) is -36.1. The zero-order chi connectivity index (χ0) is 39.6. The number of amides is 4. The van der Waals surface area contributed by atoms with Gasteiger partial charge in [0.1, 0.15) is 10.0 Å². The molecule has 0 radical (unpaired) electrons. The van der Waals surface area contributed by atoms with Gasteiger partial charge in [-0.2, -0.15) is 35.1 Å². The van der Waals surface area contributed by atoms with Gasteiger partial charge < -0.3 is 22.1 Å². The summed E-state index contributed by atoms with van der Waals surface area (Å²) in [5.41, 5.74) is 10.00. The highest BCUT2D eigenvalue weighted by Crippen LogP contribution is 2.54. The fourth-order valence-corrected chi connectivity index (χ4v) is 9.48. The summed E-state index contributed by atoms with van der Waals surface area (Å²) in [4.78, 5) is 50.7. The minimum Gasteiger partial charge on any atom is -0.365 e. The highest BCUT2D eigenvalue weighted by molar-refractivity contribution is 7.17. The maximum absolute atomic E-state index is 15.1. The number of hydrogen-bond acceptors (Lipinski definition) is 6. The lowest BCUT2D eigenvalue weighted by Gasteiger charge is -2.36. The molecular weight excluding hydrogens is 745 g/mol. The number of hydrogen-bond donors (Lipinski definition) is 4. The second kappa shape index (κ2) is 13.9. The van der Waals surface area contributed by atoms with Crippen molar-refractivity contribution in [2.45, 2.75) is 117 Å². The van der Waals surface area contributed by atoms with Gasteiger partial charge >= 0.3 is 35.5 Å². The molecule has 0 fully saturated rings. The first-order valence-electron chi connectivity index (χ1n) is 16.7. The smallest absolute Gasteiger partial charge is 0.365 e. The van der Waals surface area contributed by atoms with E-state index >= 15 is 35.1 Å². The highest BCUT2D eigenvalue weighted by atomic mass is 32.1. The second-order valence-corrected chi connectivity index (χ2v) is 17.1. The van der Waals surface area contributed by atoms with Gasteiger partial charge in [-0.1, -0.05) is 54.4 Å². The van der Waals surface area contributed by atoms with Crippen LogP contribution in [0.3, 0.4) is 0 Å². The van der Waals surface area contributed by atoms with Crippen LogP contribution in [0, 0.1) is 22.7 Å². The van der Waals surface area contributed by atoms with E-state index in [1.165, 1.54) is 10.6 Å². The molecule has 2 aromatic heterocycles. The van der Waals surface area contributed by atoms with Crippen molar-refractivity contribution >= 4 is 56.3 Å². The number of carbonyl (C=O) groups excluding carboxylic acids is 4. The second-order valence-electron chi connectivity index (χ2n) is 14.9. The van der Waals surface area contributed by atoms with E-state index in [1.54, 1.807) is 0 Å². The van der Waals surface area contributed by atoms with Crippen LogP contribution < -0.4 is 22.1 Å². The summed E-state index contributed by atoms with van der Waals surface area (Å²) in [6.07, 6.45) is 3.61. The normalized spacial score (nSPS) is 18.7. The number of halogens is 8. The van der Waals surface area contributed by atoms with E-state index in [-0.39, 0.29) is 46.6 Å². The summed E-state index contributed by atoms with van der Waals surface area (Å²) in [6.45, 7) is 11.8. The first-order valence-corrected chi connectivity index (χ1v) is 18.4. The number of thiophene rings is 2. The highest BCUT2D eigenvalue weighted by Gasteiger charge is 2.84. The molecule has 290 valence electrons. The first-order chi connectivity index (χ1) is 23.7. The van der Waals surface area contributed by atoms with E-state index in [0.717, 1.165) is 12.8 Å². The van der Waals surface area contributed by atoms with Crippen molar-refractivity contribution in [1.29, 1.82) is 0 Å². The van der Waals surface area contributed by atoms with Gasteiger partial charge in [-0.15, -0.1) is 22.7 Å². The van der Waals surface area contributed by atoms with E-state index in [1.807, 2.05) is 41.5 Å². The van der Waals surface area contributed by atoms with Crippen LogP contribution in [0.2, 0.25) is 0 Å². The van der Waals surface area contributed by atoms with Gasteiger partial charge in [-0.25, -0.2) is 0 Å². The molecule has 2 aliphatic carbocycles. The number of anilines is 2. The monoisotopic (exact) mass is 786 g/mol. The summed E-state index contributed by atoms with van der Waals surface area (Å²) < 4.78 is 120. The summed E-state index contributed by atoms with van der Waals surface area (Å²) in [6, 6.07) is 0. The minimum atomic E-state index is -7.18. The average Bonchev–Trinajstić information content (AvgIpc) is 3.60. The number of alkyl halides is 8. The molecule has 2 unspecified atom stereocenters. The molecule has 2 aromatic rings. The third kappa shape index (κ3) is 6.81. The Morgan fingerprint density at radius 3 is 1.21 bits per heavy atom. The van der Waals surface area contributed by atoms with Crippen LogP contribution in [0.4, 0.5) is 45.1 Å². The molecular formula is C34H42F8N4O4S2. The van der Waals surface area contributed by atoms with E-state index in [4.69, 9.17) is 11.5 Å². The third-order valence-corrected chi connectivity index (χ3v) is 13.6. The minimum absolute atomic E-state index is 0.0366.